The second-order valence-corrected chi connectivity index (χ2v) is 4.59. The third-order valence-electron chi connectivity index (χ3n) is 2.71. The van der Waals surface area contributed by atoms with E-state index < -0.39 is 18.1 Å². The molecule has 0 bridgehead atoms. The number of hydrogen-bond acceptors (Lipinski definition) is 5. The third-order valence-corrected chi connectivity index (χ3v) is 2.71. The summed E-state index contributed by atoms with van der Waals surface area (Å²) < 4.78 is 5.30. The van der Waals surface area contributed by atoms with Crippen LogP contribution in [0.5, 0.6) is 0 Å². The zero-order valence-corrected chi connectivity index (χ0v) is 10.4. The number of aliphatic hydroxyl groups excluding tert-OH is 1. The molecule has 0 radical (unpaired) electrons. The maximum atomic E-state index is 11.0. The Morgan fingerprint density at radius 1 is 1.59 bits per heavy atom. The van der Waals surface area contributed by atoms with Crippen LogP contribution < -0.4 is 5.32 Å². The highest BCUT2D eigenvalue weighted by Gasteiger charge is 2.29. The van der Waals surface area contributed by atoms with Crippen molar-refractivity contribution in [1.82, 2.24) is 10.2 Å². The van der Waals surface area contributed by atoms with Crippen molar-refractivity contribution in [2.24, 2.45) is 0 Å². The van der Waals surface area contributed by atoms with Crippen molar-refractivity contribution >= 4 is 5.97 Å². The van der Waals surface area contributed by atoms with Gasteiger partial charge in [0, 0.05) is 26.2 Å². The smallest absolute Gasteiger partial charge is 0.322 e. The Hall–Kier alpha value is -0.690. The van der Waals surface area contributed by atoms with Crippen LogP contribution in [-0.4, -0.2) is 72.1 Å². The molecule has 6 heteroatoms. The molecule has 3 N–H and O–H groups in total. The van der Waals surface area contributed by atoms with Crippen LogP contribution >= 0.6 is 0 Å². The van der Waals surface area contributed by atoms with Crippen molar-refractivity contribution in [3.05, 3.63) is 0 Å². The number of aliphatic hydroxyl groups is 1. The molecule has 0 saturated carbocycles. The molecule has 17 heavy (non-hydrogen) atoms. The Morgan fingerprint density at radius 3 is 2.88 bits per heavy atom. The zero-order valence-electron chi connectivity index (χ0n) is 10.4. The van der Waals surface area contributed by atoms with Gasteiger partial charge in [0.2, 0.25) is 0 Å². The molecule has 0 aromatic rings. The number of carbonyl (C=O) groups is 1. The molecule has 1 fully saturated rings. The number of rotatable bonds is 6. The summed E-state index contributed by atoms with van der Waals surface area (Å²) in [5.74, 6) is -0.853. The van der Waals surface area contributed by atoms with E-state index >= 15 is 0 Å². The molecule has 0 aromatic carbocycles. The number of nitrogens with one attached hydrogen (secondary N) is 1. The van der Waals surface area contributed by atoms with Gasteiger partial charge in [-0.1, -0.05) is 0 Å². The predicted octanol–water partition coefficient (Wildman–Crippen LogP) is -0.869. The van der Waals surface area contributed by atoms with Gasteiger partial charge >= 0.3 is 5.97 Å². The fraction of sp³-hybridized carbons (Fsp3) is 0.909. The largest absolute Gasteiger partial charge is 0.480 e. The molecule has 6 nitrogen and oxygen atoms in total. The van der Waals surface area contributed by atoms with Crippen LogP contribution in [0.4, 0.5) is 0 Å². The highest BCUT2D eigenvalue weighted by atomic mass is 16.5. The lowest BCUT2D eigenvalue weighted by molar-refractivity contribution is -0.144. The van der Waals surface area contributed by atoms with Crippen LogP contribution in [0.25, 0.3) is 0 Å². The summed E-state index contributed by atoms with van der Waals surface area (Å²) >= 11 is 0. The van der Waals surface area contributed by atoms with E-state index in [2.05, 4.69) is 5.32 Å². The normalized spacial score (nSPS) is 23.9. The first kappa shape index (κ1) is 14.4. The number of piperazine rings is 1. The standard InChI is InChI=1S/C11H22N2O4/c1-8(2)17-7-9(14)6-13-4-3-12-5-10(13)11(15)16/h8-10,12,14H,3-7H2,1-2H3,(H,15,16). The number of β-amino-alcohol motifs (C(OH)–C–C–N with tert-alkyl or cyclic N) is 1. The van der Waals surface area contributed by atoms with Gasteiger partial charge in [-0.2, -0.15) is 0 Å². The van der Waals surface area contributed by atoms with Gasteiger partial charge in [-0.05, 0) is 13.8 Å². The molecule has 1 rings (SSSR count). The Kier molecular flexibility index (Phi) is 5.84. The minimum absolute atomic E-state index is 0.0722. The van der Waals surface area contributed by atoms with Crippen molar-refractivity contribution in [3.63, 3.8) is 0 Å². The Balaban J connectivity index is 2.39. The Bertz CT molecular complexity index is 248. The first-order valence-electron chi connectivity index (χ1n) is 5.98. The molecule has 1 aliphatic rings. The maximum absolute atomic E-state index is 11.0. The van der Waals surface area contributed by atoms with Crippen LogP contribution in [0.2, 0.25) is 0 Å². The number of hydrogen-bond donors (Lipinski definition) is 3. The van der Waals surface area contributed by atoms with E-state index in [1.807, 2.05) is 13.8 Å². The van der Waals surface area contributed by atoms with Crippen molar-refractivity contribution in [1.29, 1.82) is 0 Å². The molecule has 0 aliphatic carbocycles. The first-order chi connectivity index (χ1) is 8.00. The highest BCUT2D eigenvalue weighted by Crippen LogP contribution is 2.05. The molecule has 2 unspecified atom stereocenters. The molecular formula is C11H22N2O4. The molecule has 1 aliphatic heterocycles. The lowest BCUT2D eigenvalue weighted by atomic mass is 10.1. The van der Waals surface area contributed by atoms with Crippen LogP contribution in [0, 0.1) is 0 Å². The minimum Gasteiger partial charge on any atom is -0.480 e. The van der Waals surface area contributed by atoms with Gasteiger partial charge in [0.1, 0.15) is 6.04 Å². The van der Waals surface area contributed by atoms with Crippen molar-refractivity contribution in [3.8, 4) is 0 Å². The lowest BCUT2D eigenvalue weighted by Crippen LogP contribution is -2.56. The van der Waals surface area contributed by atoms with E-state index in [4.69, 9.17) is 9.84 Å². The number of ether oxygens (including phenoxy) is 1. The monoisotopic (exact) mass is 246 g/mol. The molecule has 0 aromatic heterocycles. The summed E-state index contributed by atoms with van der Waals surface area (Å²) in [6.07, 6.45) is -0.569. The van der Waals surface area contributed by atoms with Gasteiger partial charge in [0.25, 0.3) is 0 Å². The maximum Gasteiger partial charge on any atom is 0.322 e. The van der Waals surface area contributed by atoms with Gasteiger partial charge in [-0.15, -0.1) is 0 Å². The second-order valence-electron chi connectivity index (χ2n) is 4.59. The predicted molar refractivity (Wildman–Crippen MR) is 63.0 cm³/mol. The molecule has 100 valence electrons. The summed E-state index contributed by atoms with van der Waals surface area (Å²) in [4.78, 5) is 12.8. The summed E-state index contributed by atoms with van der Waals surface area (Å²) in [5, 5.41) is 21.8. The molecule has 1 heterocycles. The van der Waals surface area contributed by atoms with E-state index in [1.165, 1.54) is 0 Å². The van der Waals surface area contributed by atoms with Gasteiger partial charge in [-0.3, -0.25) is 9.69 Å². The van der Waals surface area contributed by atoms with E-state index in [0.717, 1.165) is 6.54 Å². The van der Waals surface area contributed by atoms with Crippen LogP contribution in [0.15, 0.2) is 0 Å². The van der Waals surface area contributed by atoms with Gasteiger partial charge in [0.15, 0.2) is 0 Å². The summed E-state index contributed by atoms with van der Waals surface area (Å²) in [5.41, 5.74) is 0. The molecule has 1 saturated heterocycles. The minimum atomic E-state index is -0.853. The number of aliphatic carboxylic acids is 1. The van der Waals surface area contributed by atoms with Crippen LogP contribution in [-0.2, 0) is 9.53 Å². The van der Waals surface area contributed by atoms with E-state index in [-0.39, 0.29) is 12.7 Å². The average molecular weight is 246 g/mol. The number of nitrogens with zero attached hydrogens (tertiary/aromatic N) is 1. The Labute approximate surface area is 102 Å². The SMILES string of the molecule is CC(C)OCC(O)CN1CCNCC1C(=O)O. The Morgan fingerprint density at radius 2 is 2.29 bits per heavy atom. The summed E-state index contributed by atoms with van der Waals surface area (Å²) in [6, 6.07) is -0.558. The van der Waals surface area contributed by atoms with Gasteiger partial charge in [-0.25, -0.2) is 0 Å². The molecule has 0 amide bonds. The highest BCUT2D eigenvalue weighted by molar-refractivity contribution is 5.73. The summed E-state index contributed by atoms with van der Waals surface area (Å²) in [7, 11) is 0. The molecule has 0 spiro atoms. The number of carboxylic acids is 1. The zero-order chi connectivity index (χ0) is 12.8. The quantitative estimate of drug-likeness (QED) is 0.565. The molecular weight excluding hydrogens is 224 g/mol. The fourth-order valence-corrected chi connectivity index (χ4v) is 1.84. The molecule has 2 atom stereocenters. The summed E-state index contributed by atoms with van der Waals surface area (Å²) in [6.45, 7) is 6.19. The fourth-order valence-electron chi connectivity index (χ4n) is 1.84. The van der Waals surface area contributed by atoms with Crippen molar-refractivity contribution in [2.45, 2.75) is 32.1 Å². The van der Waals surface area contributed by atoms with Gasteiger partial charge in [0.05, 0.1) is 18.8 Å². The van der Waals surface area contributed by atoms with E-state index in [9.17, 15) is 9.90 Å². The second kappa shape index (κ2) is 6.90. The lowest BCUT2D eigenvalue weighted by Gasteiger charge is -2.34. The van der Waals surface area contributed by atoms with Crippen molar-refractivity contribution in [2.75, 3.05) is 32.8 Å². The van der Waals surface area contributed by atoms with Crippen LogP contribution in [0.3, 0.4) is 0 Å². The van der Waals surface area contributed by atoms with Gasteiger partial charge < -0.3 is 20.3 Å². The van der Waals surface area contributed by atoms with E-state index in [1.54, 1.807) is 4.90 Å². The first-order valence-corrected chi connectivity index (χ1v) is 5.98. The number of carboxylic acid groups (broad SMARTS) is 1. The van der Waals surface area contributed by atoms with E-state index in [0.29, 0.717) is 19.6 Å². The topological polar surface area (TPSA) is 82.0 Å². The third kappa shape index (κ3) is 4.99. The van der Waals surface area contributed by atoms with Crippen molar-refractivity contribution < 1.29 is 19.7 Å². The average Bonchev–Trinajstić information content (AvgIpc) is 2.27. The van der Waals surface area contributed by atoms with Crippen LogP contribution in [0.1, 0.15) is 13.8 Å².